The van der Waals surface area contributed by atoms with E-state index in [1.54, 1.807) is 6.07 Å². The third-order valence-corrected chi connectivity index (χ3v) is 4.28. The van der Waals surface area contributed by atoms with Crippen molar-refractivity contribution in [3.8, 4) is 5.75 Å². The molecule has 0 unspecified atom stereocenters. The van der Waals surface area contributed by atoms with Crippen molar-refractivity contribution in [2.45, 2.75) is 4.90 Å². The van der Waals surface area contributed by atoms with E-state index in [4.69, 9.17) is 9.47 Å². The van der Waals surface area contributed by atoms with E-state index in [0.29, 0.717) is 4.90 Å². The Kier molecular flexibility index (Phi) is 6.67. The maximum absolute atomic E-state index is 13.6. The Bertz CT molecular complexity index is 842. The van der Waals surface area contributed by atoms with E-state index in [1.807, 2.05) is 0 Å². The summed E-state index contributed by atoms with van der Waals surface area (Å²) in [6, 6.07) is 9.64. The minimum atomic E-state index is -0.713. The molecular formula is C17H14FNO6S. The van der Waals surface area contributed by atoms with Crippen LogP contribution in [0.2, 0.25) is 0 Å². The molecule has 0 saturated carbocycles. The lowest BCUT2D eigenvalue weighted by Gasteiger charge is -2.06. The average Bonchev–Trinajstić information content (AvgIpc) is 2.64. The Balaban J connectivity index is 1.88. The third-order valence-electron chi connectivity index (χ3n) is 3.25. The highest BCUT2D eigenvalue weighted by atomic mass is 32.2. The van der Waals surface area contributed by atoms with Gasteiger partial charge >= 0.3 is 5.97 Å². The van der Waals surface area contributed by atoms with Gasteiger partial charge in [-0.3, -0.25) is 19.7 Å². The van der Waals surface area contributed by atoms with Crippen LogP contribution in [-0.4, -0.2) is 36.1 Å². The SMILES string of the molecule is COc1ccc(C(=O)COC(=O)CSc2ccccc2[N+](=O)[O-])cc1F. The normalized spacial score (nSPS) is 10.2. The number of hydrogen-bond acceptors (Lipinski definition) is 7. The molecule has 0 N–H and O–H groups in total. The van der Waals surface area contributed by atoms with Crippen molar-refractivity contribution < 1.29 is 28.4 Å². The molecule has 0 radical (unpaired) electrons. The summed E-state index contributed by atoms with van der Waals surface area (Å²) < 4.78 is 23.2. The minimum absolute atomic E-state index is 0.000555. The number of hydrogen-bond donors (Lipinski definition) is 0. The fourth-order valence-corrected chi connectivity index (χ4v) is 2.80. The van der Waals surface area contributed by atoms with E-state index >= 15 is 0 Å². The number of carbonyl (C=O) groups excluding carboxylic acids is 2. The Hall–Kier alpha value is -2.94. The van der Waals surface area contributed by atoms with E-state index in [0.717, 1.165) is 17.8 Å². The van der Waals surface area contributed by atoms with E-state index in [-0.39, 0.29) is 22.8 Å². The zero-order valence-corrected chi connectivity index (χ0v) is 14.5. The monoisotopic (exact) mass is 379 g/mol. The highest BCUT2D eigenvalue weighted by Crippen LogP contribution is 2.28. The number of nitro benzene ring substituents is 1. The summed E-state index contributed by atoms with van der Waals surface area (Å²) >= 11 is 0.934. The molecule has 2 aromatic rings. The van der Waals surface area contributed by atoms with Gasteiger partial charge in [0.05, 0.1) is 22.7 Å². The molecule has 0 saturated heterocycles. The molecule has 0 aliphatic heterocycles. The van der Waals surface area contributed by atoms with Crippen LogP contribution in [0.3, 0.4) is 0 Å². The number of ether oxygens (including phenoxy) is 2. The topological polar surface area (TPSA) is 95.7 Å². The predicted molar refractivity (Wildman–Crippen MR) is 92.1 cm³/mol. The largest absolute Gasteiger partial charge is 0.494 e. The summed E-state index contributed by atoms with van der Waals surface area (Å²) in [6.07, 6.45) is 0. The number of halogens is 1. The molecule has 9 heteroatoms. The first-order valence-electron chi connectivity index (χ1n) is 7.31. The lowest BCUT2D eigenvalue weighted by atomic mass is 10.1. The summed E-state index contributed by atoms with van der Waals surface area (Å²) in [5, 5.41) is 10.9. The number of methoxy groups -OCH3 is 1. The van der Waals surface area contributed by atoms with Crippen molar-refractivity contribution in [3.63, 3.8) is 0 Å². The molecule has 0 spiro atoms. The third kappa shape index (κ3) is 5.03. The van der Waals surface area contributed by atoms with Gasteiger partial charge in [0.25, 0.3) is 5.69 Å². The standard InChI is InChI=1S/C17H14FNO6S/c1-24-15-7-6-11(8-12(15)18)14(20)9-25-17(21)10-26-16-5-3-2-4-13(16)19(22)23/h2-8H,9-10H2,1H3. The number of rotatable bonds is 8. The van der Waals surface area contributed by atoms with Gasteiger partial charge in [-0.15, -0.1) is 11.8 Å². The molecule has 0 amide bonds. The van der Waals surface area contributed by atoms with Gasteiger partial charge in [0, 0.05) is 11.6 Å². The lowest BCUT2D eigenvalue weighted by Crippen LogP contribution is -2.15. The van der Waals surface area contributed by atoms with Crippen LogP contribution in [0.15, 0.2) is 47.4 Å². The maximum Gasteiger partial charge on any atom is 0.316 e. The van der Waals surface area contributed by atoms with Crippen molar-refractivity contribution in [3.05, 3.63) is 64.0 Å². The van der Waals surface area contributed by atoms with E-state index < -0.39 is 29.1 Å². The van der Waals surface area contributed by atoms with Crippen LogP contribution in [0.5, 0.6) is 5.75 Å². The van der Waals surface area contributed by atoms with E-state index in [9.17, 15) is 24.1 Å². The van der Waals surface area contributed by atoms with Crippen molar-refractivity contribution in [2.24, 2.45) is 0 Å². The van der Waals surface area contributed by atoms with Crippen LogP contribution < -0.4 is 4.74 Å². The maximum atomic E-state index is 13.6. The zero-order chi connectivity index (χ0) is 19.1. The summed E-state index contributed by atoms with van der Waals surface area (Å²) in [7, 11) is 1.30. The van der Waals surface area contributed by atoms with Crippen LogP contribution in [0.1, 0.15) is 10.4 Å². The number of thioether (sulfide) groups is 1. The Morgan fingerprint density at radius 1 is 1.23 bits per heavy atom. The predicted octanol–water partition coefficient (Wildman–Crippen LogP) is 3.26. The van der Waals surface area contributed by atoms with Gasteiger partial charge in [0.2, 0.25) is 0 Å². The van der Waals surface area contributed by atoms with Crippen LogP contribution in [0.4, 0.5) is 10.1 Å². The summed E-state index contributed by atoms with van der Waals surface area (Å²) in [4.78, 5) is 34.4. The second kappa shape index (κ2) is 8.95. The van der Waals surface area contributed by atoms with E-state index in [2.05, 4.69) is 0 Å². The molecule has 136 valence electrons. The minimum Gasteiger partial charge on any atom is -0.494 e. The molecule has 0 aliphatic rings. The smallest absolute Gasteiger partial charge is 0.316 e. The highest BCUT2D eigenvalue weighted by Gasteiger charge is 2.16. The van der Waals surface area contributed by atoms with Gasteiger partial charge in [0.15, 0.2) is 24.0 Å². The number of Topliss-reactive ketones (excluding diaryl/α,β-unsaturated/α-hetero) is 1. The van der Waals surface area contributed by atoms with Crippen molar-refractivity contribution in [2.75, 3.05) is 19.5 Å². The molecule has 7 nitrogen and oxygen atoms in total. The Morgan fingerprint density at radius 3 is 2.62 bits per heavy atom. The van der Waals surface area contributed by atoms with Crippen LogP contribution >= 0.6 is 11.8 Å². The van der Waals surface area contributed by atoms with Gasteiger partial charge in [0.1, 0.15) is 0 Å². The van der Waals surface area contributed by atoms with Gasteiger partial charge < -0.3 is 9.47 Å². The first-order chi connectivity index (χ1) is 12.4. The van der Waals surface area contributed by atoms with Gasteiger partial charge in [-0.05, 0) is 24.3 Å². The summed E-state index contributed by atoms with van der Waals surface area (Å²) in [6.45, 7) is -0.554. The lowest BCUT2D eigenvalue weighted by molar-refractivity contribution is -0.387. The van der Waals surface area contributed by atoms with Gasteiger partial charge in [-0.25, -0.2) is 4.39 Å². The first kappa shape index (κ1) is 19.4. The average molecular weight is 379 g/mol. The van der Waals surface area contributed by atoms with Gasteiger partial charge in [-0.1, -0.05) is 12.1 Å². The molecule has 0 bridgehead atoms. The fourth-order valence-electron chi connectivity index (χ4n) is 1.98. The molecule has 0 aromatic heterocycles. The molecular weight excluding hydrogens is 365 g/mol. The fraction of sp³-hybridized carbons (Fsp3) is 0.176. The van der Waals surface area contributed by atoms with Gasteiger partial charge in [-0.2, -0.15) is 0 Å². The van der Waals surface area contributed by atoms with E-state index in [1.165, 1.54) is 37.4 Å². The molecule has 26 heavy (non-hydrogen) atoms. The molecule has 0 fully saturated rings. The van der Waals surface area contributed by atoms with Crippen molar-refractivity contribution in [1.29, 1.82) is 0 Å². The molecule has 2 rings (SSSR count). The Morgan fingerprint density at radius 2 is 1.96 bits per heavy atom. The van der Waals surface area contributed by atoms with Crippen LogP contribution in [0, 0.1) is 15.9 Å². The van der Waals surface area contributed by atoms with Crippen molar-refractivity contribution in [1.82, 2.24) is 0 Å². The quantitative estimate of drug-likeness (QED) is 0.228. The highest BCUT2D eigenvalue weighted by molar-refractivity contribution is 8.00. The number of carbonyl (C=O) groups is 2. The number of benzene rings is 2. The molecule has 0 heterocycles. The molecule has 2 aromatic carbocycles. The zero-order valence-electron chi connectivity index (χ0n) is 13.6. The number of nitro groups is 1. The summed E-state index contributed by atoms with van der Waals surface area (Å²) in [5.74, 6) is -2.18. The summed E-state index contributed by atoms with van der Waals surface area (Å²) in [5.41, 5.74) is -0.0717. The number of nitrogens with zero attached hydrogens (tertiary/aromatic N) is 1. The number of para-hydroxylation sites is 1. The number of esters is 1. The number of ketones is 1. The second-order valence-corrected chi connectivity index (χ2v) is 5.96. The molecule has 0 aliphatic carbocycles. The molecule has 0 atom stereocenters. The Labute approximate surface area is 152 Å². The first-order valence-corrected chi connectivity index (χ1v) is 8.29. The van der Waals surface area contributed by atoms with Crippen LogP contribution in [0.25, 0.3) is 0 Å². The van der Waals surface area contributed by atoms with Crippen LogP contribution in [-0.2, 0) is 9.53 Å². The van der Waals surface area contributed by atoms with Crippen molar-refractivity contribution >= 4 is 29.2 Å². The second-order valence-electron chi connectivity index (χ2n) is 4.95.